The van der Waals surface area contributed by atoms with Crippen molar-refractivity contribution in [1.82, 2.24) is 14.8 Å². The molecule has 1 amide bonds. The largest absolute Gasteiger partial charge is 0.507 e. The molecule has 0 aliphatic carbocycles. The van der Waals surface area contributed by atoms with Crippen LogP contribution < -0.4 is 9.47 Å². The fraction of sp³-hybridized carbons (Fsp3) is 0.400. The van der Waals surface area contributed by atoms with E-state index in [0.717, 1.165) is 19.6 Å². The number of ketones is 1. The molecule has 2 saturated heterocycles. The molecule has 0 spiro atoms. The molecule has 0 unspecified atom stereocenters. The maximum atomic E-state index is 13.2. The molecule has 4 heterocycles. The van der Waals surface area contributed by atoms with E-state index in [1.165, 1.54) is 0 Å². The van der Waals surface area contributed by atoms with Crippen LogP contribution in [0.3, 0.4) is 0 Å². The van der Waals surface area contributed by atoms with Crippen molar-refractivity contribution in [3.05, 3.63) is 59.4 Å². The van der Waals surface area contributed by atoms with E-state index in [0.29, 0.717) is 62.0 Å². The maximum absolute atomic E-state index is 13.2. The second-order valence-electron chi connectivity index (χ2n) is 8.44. The van der Waals surface area contributed by atoms with Crippen LogP contribution in [-0.4, -0.2) is 84.2 Å². The SMILES string of the molecule is O=C1C(=O)N(CCCN2CCOCC2)[C@H](c2cccnc2)/C1=C(\O)c1ccc2c(c1)OCCO2. The summed E-state index contributed by atoms with van der Waals surface area (Å²) in [6.45, 7) is 5.17. The lowest BCUT2D eigenvalue weighted by Gasteiger charge is -2.29. The predicted molar refractivity (Wildman–Crippen MR) is 123 cm³/mol. The van der Waals surface area contributed by atoms with Crippen molar-refractivity contribution in [1.29, 1.82) is 0 Å². The third kappa shape index (κ3) is 4.36. The minimum absolute atomic E-state index is 0.0565. The number of aromatic nitrogens is 1. The number of carbonyl (C=O) groups excluding carboxylic acids is 2. The van der Waals surface area contributed by atoms with Gasteiger partial charge in [0.15, 0.2) is 11.5 Å². The topological polar surface area (TPSA) is 101 Å². The monoisotopic (exact) mass is 465 g/mol. The maximum Gasteiger partial charge on any atom is 0.295 e. The first-order chi connectivity index (χ1) is 16.6. The highest BCUT2D eigenvalue weighted by Gasteiger charge is 2.46. The highest BCUT2D eigenvalue weighted by atomic mass is 16.6. The number of likely N-dealkylation sites (tertiary alicyclic amines) is 1. The zero-order chi connectivity index (χ0) is 23.5. The number of amides is 1. The van der Waals surface area contributed by atoms with Crippen LogP contribution >= 0.6 is 0 Å². The molecule has 1 aromatic carbocycles. The molecule has 0 saturated carbocycles. The van der Waals surface area contributed by atoms with E-state index in [1.54, 1.807) is 41.6 Å². The van der Waals surface area contributed by atoms with E-state index in [9.17, 15) is 14.7 Å². The van der Waals surface area contributed by atoms with E-state index in [-0.39, 0.29) is 11.3 Å². The number of Topliss-reactive ketones (excluding diaryl/α,β-unsaturated/α-hetero) is 1. The number of nitrogens with zero attached hydrogens (tertiary/aromatic N) is 3. The molecule has 0 bridgehead atoms. The van der Waals surface area contributed by atoms with E-state index >= 15 is 0 Å². The quantitative estimate of drug-likeness (QED) is 0.393. The Morgan fingerprint density at radius 1 is 1.03 bits per heavy atom. The van der Waals surface area contributed by atoms with Crippen molar-refractivity contribution in [2.45, 2.75) is 12.5 Å². The van der Waals surface area contributed by atoms with Gasteiger partial charge in [0.25, 0.3) is 11.7 Å². The summed E-state index contributed by atoms with van der Waals surface area (Å²) in [4.78, 5) is 34.2. The summed E-state index contributed by atoms with van der Waals surface area (Å²) >= 11 is 0. The van der Waals surface area contributed by atoms with E-state index in [2.05, 4.69) is 9.88 Å². The Labute approximate surface area is 197 Å². The van der Waals surface area contributed by atoms with Gasteiger partial charge in [-0.3, -0.25) is 19.5 Å². The van der Waals surface area contributed by atoms with Crippen LogP contribution in [-0.2, 0) is 14.3 Å². The summed E-state index contributed by atoms with van der Waals surface area (Å²) in [7, 11) is 0. The zero-order valence-electron chi connectivity index (χ0n) is 18.8. The molecule has 2 aromatic rings. The number of benzene rings is 1. The second kappa shape index (κ2) is 9.82. The molecule has 5 rings (SSSR count). The van der Waals surface area contributed by atoms with E-state index in [1.807, 2.05) is 6.07 Å². The standard InChI is InChI=1S/C25H27N3O6/c29-23(17-4-5-19-20(15-17)34-14-13-33-19)21-22(18-3-1-6-26-16-18)28(25(31)24(21)30)8-2-7-27-9-11-32-12-10-27/h1,3-6,15-16,22,29H,2,7-14H2/b23-21+/t22-/m1/s1. The van der Waals surface area contributed by atoms with Gasteiger partial charge in [-0.2, -0.15) is 0 Å². The Morgan fingerprint density at radius 3 is 2.59 bits per heavy atom. The van der Waals surface area contributed by atoms with Crippen LogP contribution in [0.1, 0.15) is 23.6 Å². The molecule has 3 aliphatic heterocycles. The predicted octanol–water partition coefficient (Wildman–Crippen LogP) is 2.00. The Kier molecular flexibility index (Phi) is 6.46. The first kappa shape index (κ1) is 22.4. The highest BCUT2D eigenvalue weighted by molar-refractivity contribution is 6.46. The molecule has 3 aliphatic rings. The average Bonchev–Trinajstić information content (AvgIpc) is 3.14. The number of carbonyl (C=O) groups is 2. The van der Waals surface area contributed by atoms with Gasteiger partial charge in [0.1, 0.15) is 19.0 Å². The number of pyridine rings is 1. The van der Waals surface area contributed by atoms with E-state index in [4.69, 9.17) is 14.2 Å². The van der Waals surface area contributed by atoms with Crippen LogP contribution in [0.5, 0.6) is 11.5 Å². The van der Waals surface area contributed by atoms with Gasteiger partial charge >= 0.3 is 0 Å². The Balaban J connectivity index is 1.46. The van der Waals surface area contributed by atoms with Gasteiger partial charge in [0, 0.05) is 44.1 Å². The summed E-state index contributed by atoms with van der Waals surface area (Å²) < 4.78 is 16.6. The minimum Gasteiger partial charge on any atom is -0.507 e. The number of rotatable bonds is 6. The molecule has 178 valence electrons. The van der Waals surface area contributed by atoms with Crippen LogP contribution in [0.15, 0.2) is 48.3 Å². The Hall–Kier alpha value is -3.43. The van der Waals surface area contributed by atoms with Crippen molar-refractivity contribution < 1.29 is 28.9 Å². The number of aliphatic hydroxyl groups is 1. The lowest BCUT2D eigenvalue weighted by molar-refractivity contribution is -0.140. The van der Waals surface area contributed by atoms with Crippen LogP contribution in [0.4, 0.5) is 0 Å². The molecule has 9 heteroatoms. The minimum atomic E-state index is -0.716. The van der Waals surface area contributed by atoms with Crippen LogP contribution in [0.2, 0.25) is 0 Å². The zero-order valence-corrected chi connectivity index (χ0v) is 18.8. The smallest absolute Gasteiger partial charge is 0.295 e. The first-order valence-electron chi connectivity index (χ1n) is 11.5. The molecule has 34 heavy (non-hydrogen) atoms. The fourth-order valence-corrected chi connectivity index (χ4v) is 4.63. The van der Waals surface area contributed by atoms with Crippen molar-refractivity contribution >= 4 is 17.4 Å². The summed E-state index contributed by atoms with van der Waals surface area (Å²) in [6.07, 6.45) is 3.96. The van der Waals surface area contributed by atoms with Crippen LogP contribution in [0, 0.1) is 0 Å². The normalized spacial score (nSPS) is 22.2. The number of fused-ring (bicyclic) bond motifs is 1. The highest BCUT2D eigenvalue weighted by Crippen LogP contribution is 2.40. The summed E-state index contributed by atoms with van der Waals surface area (Å²) in [5.74, 6) is -0.481. The summed E-state index contributed by atoms with van der Waals surface area (Å²) in [5, 5.41) is 11.2. The van der Waals surface area contributed by atoms with Gasteiger partial charge in [-0.1, -0.05) is 6.07 Å². The molecular weight excluding hydrogens is 438 g/mol. The first-order valence-corrected chi connectivity index (χ1v) is 11.5. The lowest BCUT2D eigenvalue weighted by Crippen LogP contribution is -2.39. The number of hydrogen-bond acceptors (Lipinski definition) is 8. The van der Waals surface area contributed by atoms with Gasteiger partial charge in [-0.05, 0) is 36.2 Å². The molecule has 0 radical (unpaired) electrons. The van der Waals surface area contributed by atoms with Gasteiger partial charge < -0.3 is 24.2 Å². The third-order valence-electron chi connectivity index (χ3n) is 6.33. The molecular formula is C25H27N3O6. The molecule has 1 atom stereocenters. The Bertz CT molecular complexity index is 1100. The average molecular weight is 466 g/mol. The van der Waals surface area contributed by atoms with Gasteiger partial charge in [-0.15, -0.1) is 0 Å². The van der Waals surface area contributed by atoms with Crippen molar-refractivity contribution in [2.24, 2.45) is 0 Å². The second-order valence-corrected chi connectivity index (χ2v) is 8.44. The number of morpholine rings is 1. The number of hydrogen-bond donors (Lipinski definition) is 1. The molecule has 1 aromatic heterocycles. The third-order valence-corrected chi connectivity index (χ3v) is 6.33. The molecule has 1 N–H and O–H groups in total. The van der Waals surface area contributed by atoms with Gasteiger partial charge in [0.2, 0.25) is 0 Å². The molecule has 9 nitrogen and oxygen atoms in total. The molecule has 2 fully saturated rings. The van der Waals surface area contributed by atoms with Crippen molar-refractivity contribution in [3.63, 3.8) is 0 Å². The van der Waals surface area contributed by atoms with Gasteiger partial charge in [0.05, 0.1) is 24.8 Å². The number of ether oxygens (including phenoxy) is 3. The number of aliphatic hydroxyl groups excluding tert-OH is 1. The van der Waals surface area contributed by atoms with Crippen molar-refractivity contribution in [3.8, 4) is 11.5 Å². The van der Waals surface area contributed by atoms with Crippen LogP contribution in [0.25, 0.3) is 5.76 Å². The Morgan fingerprint density at radius 2 is 1.82 bits per heavy atom. The summed E-state index contributed by atoms with van der Waals surface area (Å²) in [5.41, 5.74) is 1.12. The fourth-order valence-electron chi connectivity index (χ4n) is 4.63. The van der Waals surface area contributed by atoms with E-state index < -0.39 is 17.7 Å². The summed E-state index contributed by atoms with van der Waals surface area (Å²) in [6, 6.07) is 7.85. The van der Waals surface area contributed by atoms with Crippen molar-refractivity contribution in [2.75, 3.05) is 52.6 Å². The van der Waals surface area contributed by atoms with Gasteiger partial charge in [-0.25, -0.2) is 0 Å². The lowest BCUT2D eigenvalue weighted by atomic mass is 9.96.